The Balaban J connectivity index is 0.00000264. The Labute approximate surface area is 155 Å². The van der Waals surface area contributed by atoms with E-state index in [9.17, 15) is 4.79 Å². The number of guanidine groups is 1. The molecule has 134 valence electrons. The van der Waals surface area contributed by atoms with Crippen LogP contribution in [0.3, 0.4) is 0 Å². The highest BCUT2D eigenvalue weighted by Gasteiger charge is 2.23. The van der Waals surface area contributed by atoms with Gasteiger partial charge in [0.2, 0.25) is 5.91 Å². The van der Waals surface area contributed by atoms with Crippen LogP contribution in [0.4, 0.5) is 0 Å². The van der Waals surface area contributed by atoms with Crippen LogP contribution in [0.15, 0.2) is 4.99 Å². The first-order valence-corrected chi connectivity index (χ1v) is 8.08. The van der Waals surface area contributed by atoms with Gasteiger partial charge in [0.15, 0.2) is 5.96 Å². The minimum atomic E-state index is 0. The zero-order valence-electron chi connectivity index (χ0n) is 14.0. The fourth-order valence-corrected chi connectivity index (χ4v) is 2.90. The van der Waals surface area contributed by atoms with Crippen molar-refractivity contribution in [3.05, 3.63) is 0 Å². The SMILES string of the molecule is CN=C(NCC1COCCO1)N1CCC(CC(=O)NC)CC1.I. The lowest BCUT2D eigenvalue weighted by Crippen LogP contribution is -2.49. The number of aliphatic imine (C=N–C) groups is 1. The predicted octanol–water partition coefficient (Wildman–Crippen LogP) is 0.443. The van der Waals surface area contributed by atoms with Crippen molar-refractivity contribution in [2.24, 2.45) is 10.9 Å². The monoisotopic (exact) mass is 440 g/mol. The number of hydrogen-bond acceptors (Lipinski definition) is 4. The summed E-state index contributed by atoms with van der Waals surface area (Å²) in [6.45, 7) is 4.57. The van der Waals surface area contributed by atoms with Gasteiger partial charge in [0.1, 0.15) is 0 Å². The molecule has 23 heavy (non-hydrogen) atoms. The van der Waals surface area contributed by atoms with Gasteiger partial charge in [0, 0.05) is 40.2 Å². The molecule has 0 bridgehead atoms. The molecule has 2 rings (SSSR count). The highest BCUT2D eigenvalue weighted by Crippen LogP contribution is 2.20. The molecule has 0 aromatic rings. The van der Waals surface area contributed by atoms with E-state index in [4.69, 9.17) is 9.47 Å². The van der Waals surface area contributed by atoms with Gasteiger partial charge in [-0.2, -0.15) is 0 Å². The highest BCUT2D eigenvalue weighted by molar-refractivity contribution is 14.0. The maximum atomic E-state index is 11.4. The molecule has 8 heteroatoms. The van der Waals surface area contributed by atoms with E-state index in [2.05, 4.69) is 20.5 Å². The first-order chi connectivity index (χ1) is 10.7. The van der Waals surface area contributed by atoms with Gasteiger partial charge in [-0.3, -0.25) is 9.79 Å². The summed E-state index contributed by atoms with van der Waals surface area (Å²) in [5.74, 6) is 1.52. The average molecular weight is 440 g/mol. The van der Waals surface area contributed by atoms with Crippen molar-refractivity contribution in [3.8, 4) is 0 Å². The standard InChI is InChI=1S/C15H28N4O3.HI/c1-16-14(20)9-12-3-5-19(6-4-12)15(17-2)18-10-13-11-21-7-8-22-13;/h12-13H,3-11H2,1-2H3,(H,16,20)(H,17,18);1H. The quantitative estimate of drug-likeness (QED) is 0.377. The Morgan fingerprint density at radius 1 is 1.30 bits per heavy atom. The fourth-order valence-electron chi connectivity index (χ4n) is 2.90. The van der Waals surface area contributed by atoms with Crippen LogP contribution < -0.4 is 10.6 Å². The second-order valence-corrected chi connectivity index (χ2v) is 5.80. The Morgan fingerprint density at radius 2 is 2.04 bits per heavy atom. The molecule has 2 heterocycles. The average Bonchev–Trinajstić information content (AvgIpc) is 2.57. The molecule has 1 atom stereocenters. The molecule has 1 amide bonds. The van der Waals surface area contributed by atoms with E-state index in [1.54, 1.807) is 14.1 Å². The molecule has 0 aromatic heterocycles. The number of carbonyl (C=O) groups excluding carboxylic acids is 1. The van der Waals surface area contributed by atoms with Gasteiger partial charge in [0.05, 0.1) is 25.9 Å². The lowest BCUT2D eigenvalue weighted by Gasteiger charge is -2.34. The van der Waals surface area contributed by atoms with Crippen LogP contribution in [0.5, 0.6) is 0 Å². The summed E-state index contributed by atoms with van der Waals surface area (Å²) in [5, 5.41) is 6.07. The van der Waals surface area contributed by atoms with E-state index in [0.717, 1.165) is 31.9 Å². The number of halogens is 1. The van der Waals surface area contributed by atoms with E-state index < -0.39 is 0 Å². The summed E-state index contributed by atoms with van der Waals surface area (Å²) < 4.78 is 11.0. The van der Waals surface area contributed by atoms with Crippen LogP contribution in [-0.4, -0.2) is 76.4 Å². The summed E-state index contributed by atoms with van der Waals surface area (Å²) in [4.78, 5) is 18.1. The maximum absolute atomic E-state index is 11.4. The summed E-state index contributed by atoms with van der Waals surface area (Å²) in [6, 6.07) is 0. The number of piperidine rings is 1. The number of nitrogens with one attached hydrogen (secondary N) is 2. The number of amides is 1. The molecule has 2 fully saturated rings. The van der Waals surface area contributed by atoms with Crippen molar-refractivity contribution in [1.82, 2.24) is 15.5 Å². The highest BCUT2D eigenvalue weighted by atomic mass is 127. The third-order valence-electron chi connectivity index (χ3n) is 4.25. The van der Waals surface area contributed by atoms with Crippen molar-refractivity contribution in [2.45, 2.75) is 25.4 Å². The van der Waals surface area contributed by atoms with Gasteiger partial charge in [-0.1, -0.05) is 0 Å². The first-order valence-electron chi connectivity index (χ1n) is 8.08. The Morgan fingerprint density at radius 3 is 2.61 bits per heavy atom. The number of carbonyl (C=O) groups is 1. The number of likely N-dealkylation sites (tertiary alicyclic amines) is 1. The smallest absolute Gasteiger partial charge is 0.220 e. The minimum Gasteiger partial charge on any atom is -0.376 e. The van der Waals surface area contributed by atoms with Crippen LogP contribution in [0.1, 0.15) is 19.3 Å². The molecule has 2 aliphatic rings. The molecule has 0 aliphatic carbocycles. The fraction of sp³-hybridized carbons (Fsp3) is 0.867. The van der Waals surface area contributed by atoms with E-state index >= 15 is 0 Å². The molecular formula is C15H29IN4O3. The number of ether oxygens (including phenoxy) is 2. The maximum Gasteiger partial charge on any atom is 0.220 e. The van der Waals surface area contributed by atoms with Crippen molar-refractivity contribution in [1.29, 1.82) is 0 Å². The molecule has 0 spiro atoms. The van der Waals surface area contributed by atoms with Crippen molar-refractivity contribution < 1.29 is 14.3 Å². The van der Waals surface area contributed by atoms with Gasteiger partial charge < -0.3 is 25.0 Å². The molecule has 2 N–H and O–H groups in total. The van der Waals surface area contributed by atoms with Crippen molar-refractivity contribution in [3.63, 3.8) is 0 Å². The molecule has 0 saturated carbocycles. The molecule has 2 aliphatic heterocycles. The molecule has 7 nitrogen and oxygen atoms in total. The van der Waals surface area contributed by atoms with Gasteiger partial charge >= 0.3 is 0 Å². The van der Waals surface area contributed by atoms with Crippen LogP contribution in [-0.2, 0) is 14.3 Å². The third-order valence-corrected chi connectivity index (χ3v) is 4.25. The Kier molecular flexibility index (Phi) is 9.80. The van der Waals surface area contributed by atoms with Crippen molar-refractivity contribution >= 4 is 35.8 Å². The largest absolute Gasteiger partial charge is 0.376 e. The summed E-state index contributed by atoms with van der Waals surface area (Å²) in [7, 11) is 3.50. The zero-order valence-corrected chi connectivity index (χ0v) is 16.4. The zero-order chi connectivity index (χ0) is 15.8. The molecule has 0 radical (unpaired) electrons. The second kappa shape index (κ2) is 11.0. The second-order valence-electron chi connectivity index (χ2n) is 5.80. The molecule has 1 unspecified atom stereocenters. The molecular weight excluding hydrogens is 411 g/mol. The predicted molar refractivity (Wildman–Crippen MR) is 100 cm³/mol. The van der Waals surface area contributed by atoms with Gasteiger partial charge in [-0.25, -0.2) is 0 Å². The summed E-state index contributed by atoms with van der Waals surface area (Å²) in [6.07, 6.45) is 2.77. The number of hydrogen-bond donors (Lipinski definition) is 2. The molecule has 2 saturated heterocycles. The van der Waals surface area contributed by atoms with E-state index in [-0.39, 0.29) is 36.0 Å². The van der Waals surface area contributed by atoms with Gasteiger partial charge in [0.25, 0.3) is 0 Å². The molecule has 0 aromatic carbocycles. The lowest BCUT2D eigenvalue weighted by atomic mass is 9.93. The van der Waals surface area contributed by atoms with Crippen LogP contribution in [0, 0.1) is 5.92 Å². The van der Waals surface area contributed by atoms with E-state index in [1.807, 2.05) is 0 Å². The van der Waals surface area contributed by atoms with E-state index in [0.29, 0.717) is 38.7 Å². The number of rotatable bonds is 4. The number of nitrogens with zero attached hydrogens (tertiary/aromatic N) is 2. The third kappa shape index (κ3) is 6.80. The first kappa shape index (κ1) is 20.4. The summed E-state index contributed by atoms with van der Waals surface area (Å²) in [5.41, 5.74) is 0. The van der Waals surface area contributed by atoms with Crippen molar-refractivity contribution in [2.75, 3.05) is 53.6 Å². The normalized spacial score (nSPS) is 23.1. The van der Waals surface area contributed by atoms with E-state index in [1.165, 1.54) is 0 Å². The van der Waals surface area contributed by atoms with Gasteiger partial charge in [-0.15, -0.1) is 24.0 Å². The lowest BCUT2D eigenvalue weighted by molar-refractivity contribution is -0.121. The van der Waals surface area contributed by atoms with Crippen LogP contribution >= 0.6 is 24.0 Å². The topological polar surface area (TPSA) is 75.2 Å². The van der Waals surface area contributed by atoms with Crippen LogP contribution in [0.25, 0.3) is 0 Å². The Bertz CT molecular complexity index is 381. The minimum absolute atomic E-state index is 0. The Hall–Kier alpha value is -0.610. The van der Waals surface area contributed by atoms with Crippen LogP contribution in [0.2, 0.25) is 0 Å². The van der Waals surface area contributed by atoms with Gasteiger partial charge in [-0.05, 0) is 18.8 Å². The summed E-state index contributed by atoms with van der Waals surface area (Å²) >= 11 is 0.